The van der Waals surface area contributed by atoms with Crippen molar-refractivity contribution in [3.63, 3.8) is 0 Å². The summed E-state index contributed by atoms with van der Waals surface area (Å²) in [5.74, 6) is 0.682. The van der Waals surface area contributed by atoms with Gasteiger partial charge in [0.2, 0.25) is 5.91 Å². The van der Waals surface area contributed by atoms with E-state index in [1.165, 1.54) is 0 Å². The summed E-state index contributed by atoms with van der Waals surface area (Å²) in [6.45, 7) is 6.74. The Hall–Kier alpha value is -1.59. The predicted molar refractivity (Wildman–Crippen MR) is 78.6 cm³/mol. The van der Waals surface area contributed by atoms with Crippen LogP contribution in [0.15, 0.2) is 24.3 Å². The molecular formula is C15H24N2O3. The van der Waals surface area contributed by atoms with Crippen molar-refractivity contribution in [1.82, 2.24) is 5.32 Å². The van der Waals surface area contributed by atoms with Gasteiger partial charge < -0.3 is 20.5 Å². The molecule has 0 aliphatic carbocycles. The van der Waals surface area contributed by atoms with E-state index in [1.54, 1.807) is 0 Å². The summed E-state index contributed by atoms with van der Waals surface area (Å²) < 4.78 is 10.7. The Balaban J connectivity index is 2.46. The van der Waals surface area contributed by atoms with Gasteiger partial charge in [0.1, 0.15) is 12.4 Å². The molecule has 1 atom stereocenters. The second-order valence-corrected chi connectivity index (χ2v) is 4.87. The van der Waals surface area contributed by atoms with Crippen LogP contribution in [0.4, 0.5) is 0 Å². The van der Waals surface area contributed by atoms with E-state index < -0.39 is 0 Å². The number of nitrogens with two attached hydrogens (primary N) is 1. The Labute approximate surface area is 120 Å². The third kappa shape index (κ3) is 6.04. The number of hydrogen-bond acceptors (Lipinski definition) is 4. The van der Waals surface area contributed by atoms with Gasteiger partial charge in [-0.3, -0.25) is 4.79 Å². The number of carbonyl (C=O) groups is 1. The average molecular weight is 280 g/mol. The SMILES string of the molecule is CC(C)Oc1ccc(C(C)NC(=O)COCCN)cc1. The van der Waals surface area contributed by atoms with E-state index >= 15 is 0 Å². The molecule has 1 aromatic rings. The van der Waals surface area contributed by atoms with Crippen molar-refractivity contribution in [2.24, 2.45) is 5.73 Å². The molecule has 1 unspecified atom stereocenters. The molecule has 5 nitrogen and oxygen atoms in total. The van der Waals surface area contributed by atoms with Gasteiger partial charge in [0.05, 0.1) is 18.8 Å². The highest BCUT2D eigenvalue weighted by Gasteiger charge is 2.09. The maximum atomic E-state index is 11.6. The zero-order valence-electron chi connectivity index (χ0n) is 12.4. The van der Waals surface area contributed by atoms with Crippen molar-refractivity contribution in [3.8, 4) is 5.75 Å². The summed E-state index contributed by atoms with van der Waals surface area (Å²) in [5.41, 5.74) is 6.31. The molecule has 0 aromatic heterocycles. The fraction of sp³-hybridized carbons (Fsp3) is 0.533. The van der Waals surface area contributed by atoms with Crippen LogP contribution in [0, 0.1) is 0 Å². The van der Waals surface area contributed by atoms with E-state index in [2.05, 4.69) is 5.32 Å². The first-order chi connectivity index (χ1) is 9.52. The molecule has 20 heavy (non-hydrogen) atoms. The Bertz CT molecular complexity index is 404. The van der Waals surface area contributed by atoms with Crippen molar-refractivity contribution >= 4 is 5.91 Å². The van der Waals surface area contributed by atoms with E-state index in [0.717, 1.165) is 11.3 Å². The molecule has 0 saturated carbocycles. The monoisotopic (exact) mass is 280 g/mol. The molecule has 0 saturated heterocycles. The summed E-state index contributed by atoms with van der Waals surface area (Å²) in [7, 11) is 0. The molecule has 3 N–H and O–H groups in total. The summed E-state index contributed by atoms with van der Waals surface area (Å²) in [4.78, 5) is 11.6. The Morgan fingerprint density at radius 1 is 1.25 bits per heavy atom. The highest BCUT2D eigenvalue weighted by Crippen LogP contribution is 2.18. The lowest BCUT2D eigenvalue weighted by molar-refractivity contribution is -0.126. The van der Waals surface area contributed by atoms with Gasteiger partial charge in [-0.25, -0.2) is 0 Å². The molecule has 112 valence electrons. The normalized spacial score (nSPS) is 12.2. The molecule has 0 aliphatic heterocycles. The summed E-state index contributed by atoms with van der Waals surface area (Å²) in [6, 6.07) is 7.63. The van der Waals surface area contributed by atoms with Crippen LogP contribution < -0.4 is 15.8 Å². The lowest BCUT2D eigenvalue weighted by atomic mass is 10.1. The van der Waals surface area contributed by atoms with Crippen LogP contribution in [-0.2, 0) is 9.53 Å². The summed E-state index contributed by atoms with van der Waals surface area (Å²) in [6.07, 6.45) is 0.151. The summed E-state index contributed by atoms with van der Waals surface area (Å²) in [5, 5.41) is 2.87. The molecule has 1 amide bonds. The van der Waals surface area contributed by atoms with Crippen LogP contribution in [0.3, 0.4) is 0 Å². The number of hydrogen-bond donors (Lipinski definition) is 2. The van der Waals surface area contributed by atoms with Gasteiger partial charge in [-0.1, -0.05) is 12.1 Å². The van der Waals surface area contributed by atoms with E-state index in [9.17, 15) is 4.79 Å². The highest BCUT2D eigenvalue weighted by atomic mass is 16.5. The second-order valence-electron chi connectivity index (χ2n) is 4.87. The molecule has 1 rings (SSSR count). The van der Waals surface area contributed by atoms with Crippen molar-refractivity contribution < 1.29 is 14.3 Å². The predicted octanol–water partition coefficient (Wildman–Crippen LogP) is 1.63. The molecule has 1 aromatic carbocycles. The molecule has 0 fully saturated rings. The van der Waals surface area contributed by atoms with Crippen LogP contribution >= 0.6 is 0 Å². The highest BCUT2D eigenvalue weighted by molar-refractivity contribution is 5.77. The average Bonchev–Trinajstić information content (AvgIpc) is 2.39. The molecule has 0 radical (unpaired) electrons. The standard InChI is InChI=1S/C15H24N2O3/c1-11(2)20-14-6-4-13(5-7-14)12(3)17-15(18)10-19-9-8-16/h4-7,11-12H,8-10,16H2,1-3H3,(H,17,18). The Morgan fingerprint density at radius 2 is 1.90 bits per heavy atom. The van der Waals surface area contributed by atoms with E-state index in [4.69, 9.17) is 15.2 Å². The van der Waals surface area contributed by atoms with Crippen LogP contribution in [0.25, 0.3) is 0 Å². The van der Waals surface area contributed by atoms with Gasteiger partial charge in [-0.05, 0) is 38.5 Å². The van der Waals surface area contributed by atoms with E-state index in [1.807, 2.05) is 45.0 Å². The largest absolute Gasteiger partial charge is 0.491 e. The van der Waals surface area contributed by atoms with Crippen LogP contribution in [0.5, 0.6) is 5.75 Å². The number of benzene rings is 1. The van der Waals surface area contributed by atoms with Gasteiger partial charge in [0, 0.05) is 6.54 Å². The first-order valence-electron chi connectivity index (χ1n) is 6.86. The van der Waals surface area contributed by atoms with Crippen molar-refractivity contribution in [2.75, 3.05) is 19.8 Å². The minimum Gasteiger partial charge on any atom is -0.491 e. The molecule has 0 spiro atoms. The fourth-order valence-electron chi connectivity index (χ4n) is 1.72. The maximum absolute atomic E-state index is 11.6. The molecular weight excluding hydrogens is 256 g/mol. The number of carbonyl (C=O) groups excluding carboxylic acids is 1. The summed E-state index contributed by atoms with van der Waals surface area (Å²) >= 11 is 0. The van der Waals surface area contributed by atoms with Crippen molar-refractivity contribution in [1.29, 1.82) is 0 Å². The van der Waals surface area contributed by atoms with Gasteiger partial charge in [0.25, 0.3) is 0 Å². The smallest absolute Gasteiger partial charge is 0.246 e. The number of ether oxygens (including phenoxy) is 2. The first kappa shape index (κ1) is 16.5. The maximum Gasteiger partial charge on any atom is 0.246 e. The van der Waals surface area contributed by atoms with Crippen LogP contribution in [-0.4, -0.2) is 31.8 Å². The fourth-order valence-corrected chi connectivity index (χ4v) is 1.72. The second kappa shape index (κ2) is 8.55. The van der Waals surface area contributed by atoms with E-state index in [0.29, 0.717) is 13.2 Å². The molecule has 5 heteroatoms. The lowest BCUT2D eigenvalue weighted by Crippen LogP contribution is -2.30. The van der Waals surface area contributed by atoms with Gasteiger partial charge >= 0.3 is 0 Å². The molecule has 0 aliphatic rings. The van der Waals surface area contributed by atoms with Gasteiger partial charge in [-0.2, -0.15) is 0 Å². The number of amides is 1. The number of rotatable bonds is 8. The van der Waals surface area contributed by atoms with Crippen molar-refractivity contribution in [2.45, 2.75) is 32.9 Å². The minimum atomic E-state index is -0.145. The molecule has 0 heterocycles. The lowest BCUT2D eigenvalue weighted by Gasteiger charge is -2.15. The third-order valence-electron chi connectivity index (χ3n) is 2.62. The van der Waals surface area contributed by atoms with Gasteiger partial charge in [0.15, 0.2) is 0 Å². The first-order valence-corrected chi connectivity index (χ1v) is 6.86. The topological polar surface area (TPSA) is 73.6 Å². The molecule has 0 bridgehead atoms. The third-order valence-corrected chi connectivity index (χ3v) is 2.62. The Morgan fingerprint density at radius 3 is 2.45 bits per heavy atom. The quantitative estimate of drug-likeness (QED) is 0.710. The minimum absolute atomic E-state index is 0.0378. The van der Waals surface area contributed by atoms with Gasteiger partial charge in [-0.15, -0.1) is 0 Å². The van der Waals surface area contributed by atoms with Crippen LogP contribution in [0.1, 0.15) is 32.4 Å². The zero-order chi connectivity index (χ0) is 15.0. The van der Waals surface area contributed by atoms with E-state index in [-0.39, 0.29) is 24.7 Å². The zero-order valence-corrected chi connectivity index (χ0v) is 12.4. The Kier molecular flexibility index (Phi) is 7.04. The number of nitrogens with one attached hydrogen (secondary N) is 1. The van der Waals surface area contributed by atoms with Crippen LogP contribution in [0.2, 0.25) is 0 Å². The van der Waals surface area contributed by atoms with Crippen molar-refractivity contribution in [3.05, 3.63) is 29.8 Å².